The maximum Gasteiger partial charge on any atom is 0.265 e. The van der Waals surface area contributed by atoms with Gasteiger partial charge in [0.05, 0.1) is 11.4 Å². The van der Waals surface area contributed by atoms with E-state index in [1.165, 1.54) is 11.3 Å². The predicted molar refractivity (Wildman–Crippen MR) is 87.8 cm³/mol. The number of hydrogen-bond acceptors (Lipinski definition) is 5. The molecule has 2 heterocycles. The summed E-state index contributed by atoms with van der Waals surface area (Å²) in [6.07, 6.45) is 2.59. The second-order valence-corrected chi connectivity index (χ2v) is 6.08. The molecular formula is C15H22N4OS. The fraction of sp³-hybridized carbons (Fsp3) is 0.533. The number of nitrogens with two attached hydrogens (primary N) is 1. The highest BCUT2D eigenvalue weighted by atomic mass is 32.1. The summed E-state index contributed by atoms with van der Waals surface area (Å²) >= 11 is 1.35. The summed E-state index contributed by atoms with van der Waals surface area (Å²) in [7, 11) is 1.81. The largest absolute Gasteiger partial charge is 0.397 e. The van der Waals surface area contributed by atoms with E-state index in [-0.39, 0.29) is 5.91 Å². The second-order valence-electron chi connectivity index (χ2n) is 5.08. The van der Waals surface area contributed by atoms with Gasteiger partial charge in [-0.2, -0.15) is 5.10 Å². The van der Waals surface area contributed by atoms with Crippen molar-refractivity contribution >= 4 is 33.1 Å². The lowest BCUT2D eigenvalue weighted by Gasteiger charge is -2.15. The SMILES string of the molecule is CCCN(C)C(=O)c1sc2nnc(CC)c(CC)c2c1N. The number of rotatable bonds is 5. The molecular weight excluding hydrogens is 284 g/mol. The van der Waals surface area contributed by atoms with Crippen LogP contribution in [-0.4, -0.2) is 34.6 Å². The Labute approximate surface area is 129 Å². The van der Waals surface area contributed by atoms with E-state index < -0.39 is 0 Å². The van der Waals surface area contributed by atoms with Gasteiger partial charge in [-0.25, -0.2) is 0 Å². The molecule has 0 aliphatic heterocycles. The molecule has 0 saturated carbocycles. The van der Waals surface area contributed by atoms with Crippen LogP contribution >= 0.6 is 11.3 Å². The summed E-state index contributed by atoms with van der Waals surface area (Å²) in [6.45, 7) is 6.90. The van der Waals surface area contributed by atoms with Crippen LogP contribution in [0.25, 0.3) is 10.2 Å². The minimum absolute atomic E-state index is 0.0301. The smallest absolute Gasteiger partial charge is 0.265 e. The number of amides is 1. The molecule has 0 aliphatic carbocycles. The summed E-state index contributed by atoms with van der Waals surface area (Å²) in [5.74, 6) is -0.0301. The number of carbonyl (C=O) groups excluding carboxylic acids is 1. The summed E-state index contributed by atoms with van der Waals surface area (Å²) in [4.78, 5) is 15.5. The standard InChI is InChI=1S/C15H22N4OS/c1-5-8-19(4)15(20)13-12(16)11-9(6-2)10(7-3)17-18-14(11)21-13/h5-8,16H2,1-4H3. The number of aromatic nitrogens is 2. The molecule has 2 aromatic rings. The van der Waals surface area contributed by atoms with Gasteiger partial charge in [0.2, 0.25) is 0 Å². The van der Waals surface area contributed by atoms with Gasteiger partial charge in [0.1, 0.15) is 9.71 Å². The summed E-state index contributed by atoms with van der Waals surface area (Å²) in [6, 6.07) is 0. The van der Waals surface area contributed by atoms with E-state index in [0.717, 1.165) is 47.3 Å². The zero-order valence-corrected chi connectivity index (χ0v) is 13.9. The molecule has 5 nitrogen and oxygen atoms in total. The highest BCUT2D eigenvalue weighted by Crippen LogP contribution is 2.36. The van der Waals surface area contributed by atoms with Crippen LogP contribution in [0.2, 0.25) is 0 Å². The molecule has 0 aromatic carbocycles. The minimum atomic E-state index is -0.0301. The molecule has 0 fully saturated rings. The molecule has 21 heavy (non-hydrogen) atoms. The molecule has 2 aromatic heterocycles. The molecule has 114 valence electrons. The number of fused-ring (bicyclic) bond motifs is 1. The van der Waals surface area contributed by atoms with Gasteiger partial charge in [-0.1, -0.05) is 20.8 Å². The molecule has 0 radical (unpaired) electrons. The van der Waals surface area contributed by atoms with E-state index in [2.05, 4.69) is 24.0 Å². The highest BCUT2D eigenvalue weighted by molar-refractivity contribution is 7.21. The van der Waals surface area contributed by atoms with Gasteiger partial charge in [0.25, 0.3) is 5.91 Å². The van der Waals surface area contributed by atoms with Crippen LogP contribution < -0.4 is 5.73 Å². The van der Waals surface area contributed by atoms with Gasteiger partial charge < -0.3 is 10.6 Å². The van der Waals surface area contributed by atoms with E-state index in [4.69, 9.17) is 5.73 Å². The molecule has 1 amide bonds. The number of aryl methyl sites for hydroxylation is 2. The van der Waals surface area contributed by atoms with Gasteiger partial charge in [-0.15, -0.1) is 16.4 Å². The van der Waals surface area contributed by atoms with Crippen LogP contribution in [-0.2, 0) is 12.8 Å². The van der Waals surface area contributed by atoms with Crippen LogP contribution in [0.4, 0.5) is 5.69 Å². The van der Waals surface area contributed by atoms with Crippen molar-refractivity contribution in [3.05, 3.63) is 16.1 Å². The quantitative estimate of drug-likeness (QED) is 0.922. The lowest BCUT2D eigenvalue weighted by Crippen LogP contribution is -2.27. The van der Waals surface area contributed by atoms with Crippen molar-refractivity contribution in [2.24, 2.45) is 0 Å². The van der Waals surface area contributed by atoms with Crippen LogP contribution in [0.5, 0.6) is 0 Å². The zero-order valence-electron chi connectivity index (χ0n) is 13.1. The molecule has 0 aliphatic rings. The maximum absolute atomic E-state index is 12.5. The van der Waals surface area contributed by atoms with E-state index in [0.29, 0.717) is 10.6 Å². The fourth-order valence-electron chi connectivity index (χ4n) is 2.54. The molecule has 0 atom stereocenters. The van der Waals surface area contributed by atoms with Crippen molar-refractivity contribution in [3.63, 3.8) is 0 Å². The molecule has 0 unspecified atom stereocenters. The third-order valence-corrected chi connectivity index (χ3v) is 4.70. The normalized spacial score (nSPS) is 11.0. The minimum Gasteiger partial charge on any atom is -0.397 e. The van der Waals surface area contributed by atoms with Crippen molar-refractivity contribution in [2.75, 3.05) is 19.3 Å². The Morgan fingerprint density at radius 1 is 1.24 bits per heavy atom. The summed E-state index contributed by atoms with van der Waals surface area (Å²) < 4.78 is 0. The number of nitrogen functional groups attached to an aromatic ring is 1. The van der Waals surface area contributed by atoms with E-state index >= 15 is 0 Å². The summed E-state index contributed by atoms with van der Waals surface area (Å²) in [5.41, 5.74) is 8.92. The lowest BCUT2D eigenvalue weighted by atomic mass is 10.1. The number of thiophene rings is 1. The molecule has 6 heteroatoms. The van der Waals surface area contributed by atoms with Gasteiger partial charge >= 0.3 is 0 Å². The Morgan fingerprint density at radius 3 is 2.52 bits per heavy atom. The van der Waals surface area contributed by atoms with E-state index in [1.54, 1.807) is 11.9 Å². The Balaban J connectivity index is 2.58. The monoisotopic (exact) mass is 306 g/mol. The second kappa shape index (κ2) is 6.39. The van der Waals surface area contributed by atoms with Crippen molar-refractivity contribution < 1.29 is 4.79 Å². The molecule has 0 bridgehead atoms. The molecule has 2 rings (SSSR count). The third-order valence-electron chi connectivity index (χ3n) is 3.63. The first kappa shape index (κ1) is 15.7. The third kappa shape index (κ3) is 2.72. The fourth-order valence-corrected chi connectivity index (χ4v) is 3.60. The van der Waals surface area contributed by atoms with Gasteiger partial charge in [-0.3, -0.25) is 4.79 Å². The number of anilines is 1. The van der Waals surface area contributed by atoms with Gasteiger partial charge in [-0.05, 0) is 24.8 Å². The maximum atomic E-state index is 12.5. The number of carbonyl (C=O) groups is 1. The number of hydrogen-bond donors (Lipinski definition) is 1. The van der Waals surface area contributed by atoms with Crippen LogP contribution in [0, 0.1) is 0 Å². The first-order valence-corrected chi connectivity index (χ1v) is 8.18. The Kier molecular flexibility index (Phi) is 4.77. The average molecular weight is 306 g/mol. The Morgan fingerprint density at radius 2 is 1.95 bits per heavy atom. The van der Waals surface area contributed by atoms with Crippen molar-refractivity contribution in [1.82, 2.24) is 15.1 Å². The van der Waals surface area contributed by atoms with E-state index in [9.17, 15) is 4.79 Å². The van der Waals surface area contributed by atoms with E-state index in [1.807, 2.05) is 6.92 Å². The lowest BCUT2D eigenvalue weighted by molar-refractivity contribution is 0.0801. The Bertz CT molecular complexity index is 665. The van der Waals surface area contributed by atoms with Crippen LogP contribution in [0.15, 0.2) is 0 Å². The van der Waals surface area contributed by atoms with Crippen molar-refractivity contribution in [1.29, 1.82) is 0 Å². The first-order valence-electron chi connectivity index (χ1n) is 7.36. The van der Waals surface area contributed by atoms with Crippen LogP contribution in [0.3, 0.4) is 0 Å². The molecule has 2 N–H and O–H groups in total. The Hall–Kier alpha value is -1.69. The average Bonchev–Trinajstić information content (AvgIpc) is 2.83. The summed E-state index contributed by atoms with van der Waals surface area (Å²) in [5, 5.41) is 9.44. The first-order chi connectivity index (χ1) is 10.0. The highest BCUT2D eigenvalue weighted by Gasteiger charge is 2.23. The predicted octanol–water partition coefficient (Wildman–Crippen LogP) is 2.88. The molecule has 0 spiro atoms. The van der Waals surface area contributed by atoms with Crippen LogP contribution in [0.1, 0.15) is 48.1 Å². The number of nitrogens with zero attached hydrogens (tertiary/aromatic N) is 3. The van der Waals surface area contributed by atoms with Crippen molar-refractivity contribution in [3.8, 4) is 0 Å². The van der Waals surface area contributed by atoms with Crippen molar-refractivity contribution in [2.45, 2.75) is 40.0 Å². The van der Waals surface area contributed by atoms with Gasteiger partial charge in [0.15, 0.2) is 0 Å². The molecule has 0 saturated heterocycles. The topological polar surface area (TPSA) is 72.1 Å². The zero-order chi connectivity index (χ0) is 15.6. The van der Waals surface area contributed by atoms with Gasteiger partial charge in [0, 0.05) is 19.0 Å².